The van der Waals surface area contributed by atoms with Crippen molar-refractivity contribution in [3.05, 3.63) is 65.7 Å². The lowest BCUT2D eigenvalue weighted by molar-refractivity contribution is -0.328. The molecule has 1 N–H and O–H groups in total. The molecule has 0 bridgehead atoms. The van der Waals surface area contributed by atoms with Crippen molar-refractivity contribution in [2.45, 2.75) is 24.9 Å². The van der Waals surface area contributed by atoms with Crippen LogP contribution in [0.3, 0.4) is 0 Å². The number of amides is 1. The Kier molecular flexibility index (Phi) is 6.35. The fraction of sp³-hybridized carbons (Fsp3) is 0.278. The van der Waals surface area contributed by atoms with Gasteiger partial charge in [0.1, 0.15) is 5.75 Å². The van der Waals surface area contributed by atoms with Gasteiger partial charge in [-0.2, -0.15) is 26.3 Å². The van der Waals surface area contributed by atoms with E-state index in [0.29, 0.717) is 13.0 Å². The van der Waals surface area contributed by atoms with Gasteiger partial charge in [-0.25, -0.2) is 0 Å². The van der Waals surface area contributed by atoms with Crippen LogP contribution in [0, 0.1) is 0 Å². The largest absolute Gasteiger partial charge is 0.460 e. The van der Waals surface area contributed by atoms with Crippen molar-refractivity contribution in [1.29, 1.82) is 0 Å². The number of halogens is 6. The smallest absolute Gasteiger partial charge is 0.454 e. The molecule has 2 rings (SSSR count). The van der Waals surface area contributed by atoms with E-state index in [1.165, 1.54) is 0 Å². The SMILES string of the molecule is O=C(NCCc1ccccc1)c1ccc(OC(F)C(F)(F)C(F)(F)F)cc1. The molecule has 0 heterocycles. The third-order valence-corrected chi connectivity index (χ3v) is 3.56. The van der Waals surface area contributed by atoms with Crippen LogP contribution in [-0.2, 0) is 6.42 Å². The molecule has 0 radical (unpaired) electrons. The number of carbonyl (C=O) groups is 1. The van der Waals surface area contributed by atoms with Crippen LogP contribution in [0.25, 0.3) is 0 Å². The summed E-state index contributed by atoms with van der Waals surface area (Å²) in [6.07, 6.45) is -9.39. The highest BCUT2D eigenvalue weighted by molar-refractivity contribution is 5.94. The fourth-order valence-electron chi connectivity index (χ4n) is 2.07. The molecule has 2 aromatic rings. The van der Waals surface area contributed by atoms with Crippen LogP contribution in [0.5, 0.6) is 5.75 Å². The second-order valence-electron chi connectivity index (χ2n) is 5.57. The second-order valence-corrected chi connectivity index (χ2v) is 5.57. The van der Waals surface area contributed by atoms with Gasteiger partial charge in [0.15, 0.2) is 0 Å². The molecule has 9 heteroatoms. The Bertz CT molecular complexity index is 747. The summed E-state index contributed by atoms with van der Waals surface area (Å²) in [5.41, 5.74) is 1.13. The van der Waals surface area contributed by atoms with Gasteiger partial charge in [-0.1, -0.05) is 30.3 Å². The first-order chi connectivity index (χ1) is 12.6. The van der Waals surface area contributed by atoms with Crippen molar-refractivity contribution in [1.82, 2.24) is 5.32 Å². The van der Waals surface area contributed by atoms with Gasteiger partial charge in [-0.05, 0) is 36.2 Å². The molecule has 0 aliphatic carbocycles. The van der Waals surface area contributed by atoms with Crippen LogP contribution in [-0.4, -0.2) is 30.9 Å². The molecule has 2 aromatic carbocycles. The molecule has 1 atom stereocenters. The molecule has 146 valence electrons. The number of alkyl halides is 6. The Morgan fingerprint density at radius 2 is 1.56 bits per heavy atom. The Balaban J connectivity index is 1.89. The lowest BCUT2D eigenvalue weighted by Crippen LogP contribution is -2.47. The van der Waals surface area contributed by atoms with E-state index in [1.807, 2.05) is 30.3 Å². The predicted molar refractivity (Wildman–Crippen MR) is 85.4 cm³/mol. The van der Waals surface area contributed by atoms with Crippen LogP contribution in [0.15, 0.2) is 54.6 Å². The van der Waals surface area contributed by atoms with Gasteiger partial charge in [0.2, 0.25) is 0 Å². The maximum atomic E-state index is 13.2. The van der Waals surface area contributed by atoms with E-state index in [9.17, 15) is 31.1 Å². The normalized spacial score (nSPS) is 13.1. The second kappa shape index (κ2) is 8.32. The summed E-state index contributed by atoms with van der Waals surface area (Å²) < 4.78 is 79.0. The number of rotatable bonds is 7. The summed E-state index contributed by atoms with van der Waals surface area (Å²) >= 11 is 0. The van der Waals surface area contributed by atoms with Crippen molar-refractivity contribution >= 4 is 5.91 Å². The van der Waals surface area contributed by atoms with E-state index in [2.05, 4.69) is 10.1 Å². The number of carbonyl (C=O) groups excluding carboxylic acids is 1. The minimum atomic E-state index is -6.08. The highest BCUT2D eigenvalue weighted by atomic mass is 19.4. The van der Waals surface area contributed by atoms with Crippen molar-refractivity contribution in [3.8, 4) is 5.75 Å². The molecule has 0 aromatic heterocycles. The van der Waals surface area contributed by atoms with Gasteiger partial charge < -0.3 is 10.1 Å². The zero-order valence-corrected chi connectivity index (χ0v) is 13.8. The molecule has 1 amide bonds. The minimum Gasteiger partial charge on any atom is -0.454 e. The summed E-state index contributed by atoms with van der Waals surface area (Å²) in [7, 11) is 0. The summed E-state index contributed by atoms with van der Waals surface area (Å²) in [6, 6.07) is 13.5. The van der Waals surface area contributed by atoms with Gasteiger partial charge >= 0.3 is 18.5 Å². The Labute approximate surface area is 150 Å². The maximum absolute atomic E-state index is 13.2. The molecule has 1 unspecified atom stereocenters. The summed E-state index contributed by atoms with van der Waals surface area (Å²) in [5, 5.41) is 2.63. The van der Waals surface area contributed by atoms with Crippen LogP contribution >= 0.6 is 0 Å². The third-order valence-electron chi connectivity index (χ3n) is 3.56. The zero-order chi connectivity index (χ0) is 20.1. The summed E-state index contributed by atoms with van der Waals surface area (Å²) in [4.78, 5) is 12.0. The van der Waals surface area contributed by atoms with Crippen LogP contribution in [0.1, 0.15) is 15.9 Å². The third kappa shape index (κ3) is 5.38. The molecule has 0 spiro atoms. The average molecular weight is 391 g/mol. The average Bonchev–Trinajstić information content (AvgIpc) is 2.62. The number of benzene rings is 2. The first kappa shape index (κ1) is 20.6. The maximum Gasteiger partial charge on any atom is 0.460 e. The quantitative estimate of drug-likeness (QED) is 0.705. The molecule has 0 saturated carbocycles. The van der Waals surface area contributed by atoms with Crippen molar-refractivity contribution in [2.75, 3.05) is 6.54 Å². The van der Waals surface area contributed by atoms with Crippen molar-refractivity contribution in [3.63, 3.8) is 0 Å². The Hall–Kier alpha value is -2.71. The van der Waals surface area contributed by atoms with Crippen LogP contribution in [0.4, 0.5) is 26.3 Å². The molecule has 3 nitrogen and oxygen atoms in total. The van der Waals surface area contributed by atoms with E-state index in [1.54, 1.807) is 0 Å². The van der Waals surface area contributed by atoms with Crippen LogP contribution < -0.4 is 10.1 Å². The first-order valence-electron chi connectivity index (χ1n) is 7.78. The topological polar surface area (TPSA) is 38.3 Å². The summed E-state index contributed by atoms with van der Waals surface area (Å²) in [5.74, 6) is -6.69. The number of nitrogens with one attached hydrogen (secondary N) is 1. The molecule has 0 saturated heterocycles. The van der Waals surface area contributed by atoms with E-state index < -0.39 is 30.1 Å². The molecular formula is C18H15F6NO2. The molecule has 0 aliphatic heterocycles. The van der Waals surface area contributed by atoms with Crippen LogP contribution in [0.2, 0.25) is 0 Å². The van der Waals surface area contributed by atoms with Gasteiger partial charge in [0.05, 0.1) is 0 Å². The monoisotopic (exact) mass is 391 g/mol. The van der Waals surface area contributed by atoms with Gasteiger partial charge in [-0.15, -0.1) is 0 Å². The van der Waals surface area contributed by atoms with E-state index in [0.717, 1.165) is 29.8 Å². The lowest BCUT2D eigenvalue weighted by atomic mass is 10.1. The highest BCUT2D eigenvalue weighted by Crippen LogP contribution is 2.40. The highest BCUT2D eigenvalue weighted by Gasteiger charge is 2.65. The van der Waals surface area contributed by atoms with Crippen molar-refractivity contribution in [2.24, 2.45) is 0 Å². The van der Waals surface area contributed by atoms with Gasteiger partial charge in [-0.3, -0.25) is 4.79 Å². The first-order valence-corrected chi connectivity index (χ1v) is 7.78. The van der Waals surface area contributed by atoms with E-state index in [4.69, 9.17) is 0 Å². The molecule has 27 heavy (non-hydrogen) atoms. The number of ether oxygens (including phenoxy) is 1. The summed E-state index contributed by atoms with van der Waals surface area (Å²) in [6.45, 7) is 0.339. The molecule has 0 fully saturated rings. The van der Waals surface area contributed by atoms with Gasteiger partial charge in [0.25, 0.3) is 5.91 Å². The fourth-order valence-corrected chi connectivity index (χ4v) is 2.07. The molecule has 0 aliphatic rings. The predicted octanol–water partition coefficient (Wildman–Crippen LogP) is 4.53. The lowest BCUT2D eigenvalue weighted by Gasteiger charge is -2.23. The zero-order valence-electron chi connectivity index (χ0n) is 13.8. The standard InChI is InChI=1S/C18H15F6NO2/c19-16(17(20,21)18(22,23)24)27-14-8-6-13(7-9-14)15(26)25-11-10-12-4-2-1-3-5-12/h1-9,16H,10-11H2,(H,25,26). The molecular weight excluding hydrogens is 376 g/mol. The van der Waals surface area contributed by atoms with E-state index in [-0.39, 0.29) is 5.56 Å². The Morgan fingerprint density at radius 3 is 2.11 bits per heavy atom. The van der Waals surface area contributed by atoms with Crippen molar-refractivity contribution < 1.29 is 35.9 Å². The number of hydrogen-bond donors (Lipinski definition) is 1. The van der Waals surface area contributed by atoms with E-state index >= 15 is 0 Å². The Morgan fingerprint density at radius 1 is 0.963 bits per heavy atom. The number of hydrogen-bond acceptors (Lipinski definition) is 2. The van der Waals surface area contributed by atoms with Gasteiger partial charge in [0, 0.05) is 12.1 Å². The minimum absolute atomic E-state index is 0.119.